The number of alkyl halides is 3. The number of nitrogens with one attached hydrogen (secondary N) is 1. The molecule has 0 saturated carbocycles. The second-order valence-electron chi connectivity index (χ2n) is 4.68. The number of rotatable bonds is 4. The SMILES string of the molecule is CC(NCc1ccc(F)cc1C(F)(F)F)c1ccncc1. The highest BCUT2D eigenvalue weighted by Crippen LogP contribution is 2.32. The minimum absolute atomic E-state index is 0.00138. The number of pyridine rings is 1. The van der Waals surface area contributed by atoms with Gasteiger partial charge in [-0.3, -0.25) is 4.98 Å². The molecule has 1 unspecified atom stereocenters. The summed E-state index contributed by atoms with van der Waals surface area (Å²) < 4.78 is 51.6. The molecule has 21 heavy (non-hydrogen) atoms. The number of aromatic nitrogens is 1. The van der Waals surface area contributed by atoms with Gasteiger partial charge in [0.15, 0.2) is 0 Å². The molecule has 2 aromatic rings. The van der Waals surface area contributed by atoms with Crippen LogP contribution in [-0.2, 0) is 12.7 Å². The third kappa shape index (κ3) is 4.01. The number of hydrogen-bond donors (Lipinski definition) is 1. The van der Waals surface area contributed by atoms with Crippen LogP contribution in [0, 0.1) is 5.82 Å². The Morgan fingerprint density at radius 1 is 1.14 bits per heavy atom. The van der Waals surface area contributed by atoms with Gasteiger partial charge in [0.05, 0.1) is 5.56 Å². The Morgan fingerprint density at radius 3 is 2.43 bits per heavy atom. The first-order valence-electron chi connectivity index (χ1n) is 6.37. The molecule has 0 fully saturated rings. The zero-order valence-corrected chi connectivity index (χ0v) is 11.3. The highest BCUT2D eigenvalue weighted by molar-refractivity contribution is 5.30. The maximum Gasteiger partial charge on any atom is 0.416 e. The van der Waals surface area contributed by atoms with E-state index in [1.165, 1.54) is 0 Å². The Morgan fingerprint density at radius 2 is 1.81 bits per heavy atom. The average molecular weight is 298 g/mol. The lowest BCUT2D eigenvalue weighted by atomic mass is 10.1. The zero-order chi connectivity index (χ0) is 15.5. The van der Waals surface area contributed by atoms with Crippen molar-refractivity contribution >= 4 is 0 Å². The number of benzene rings is 1. The average Bonchev–Trinajstić information content (AvgIpc) is 2.45. The van der Waals surface area contributed by atoms with Crippen molar-refractivity contribution in [3.8, 4) is 0 Å². The van der Waals surface area contributed by atoms with Crippen molar-refractivity contribution in [1.82, 2.24) is 10.3 Å². The number of hydrogen-bond acceptors (Lipinski definition) is 2. The van der Waals surface area contributed by atoms with Crippen LogP contribution in [0.25, 0.3) is 0 Å². The normalized spacial score (nSPS) is 13.2. The summed E-state index contributed by atoms with van der Waals surface area (Å²) in [5.41, 5.74) is -0.0117. The summed E-state index contributed by atoms with van der Waals surface area (Å²) >= 11 is 0. The molecule has 1 aromatic heterocycles. The maximum atomic E-state index is 13.0. The first-order valence-corrected chi connectivity index (χ1v) is 6.37. The van der Waals surface area contributed by atoms with E-state index in [4.69, 9.17) is 0 Å². The molecule has 1 aromatic carbocycles. The molecule has 0 bridgehead atoms. The quantitative estimate of drug-likeness (QED) is 0.860. The van der Waals surface area contributed by atoms with Gasteiger partial charge >= 0.3 is 6.18 Å². The fourth-order valence-corrected chi connectivity index (χ4v) is 2.00. The third-order valence-corrected chi connectivity index (χ3v) is 3.18. The van der Waals surface area contributed by atoms with E-state index in [1.54, 1.807) is 24.5 Å². The molecular weight excluding hydrogens is 284 g/mol. The van der Waals surface area contributed by atoms with Crippen molar-refractivity contribution in [3.63, 3.8) is 0 Å². The van der Waals surface area contributed by atoms with E-state index in [1.807, 2.05) is 6.92 Å². The molecule has 1 N–H and O–H groups in total. The highest BCUT2D eigenvalue weighted by atomic mass is 19.4. The molecule has 2 nitrogen and oxygen atoms in total. The lowest BCUT2D eigenvalue weighted by Gasteiger charge is -2.17. The molecule has 1 atom stereocenters. The summed E-state index contributed by atoms with van der Waals surface area (Å²) in [4.78, 5) is 3.88. The van der Waals surface area contributed by atoms with Crippen LogP contribution in [-0.4, -0.2) is 4.98 Å². The molecule has 0 aliphatic heterocycles. The molecule has 2 rings (SSSR count). The smallest absolute Gasteiger partial charge is 0.306 e. The van der Waals surface area contributed by atoms with E-state index in [0.29, 0.717) is 6.07 Å². The Hall–Kier alpha value is -1.95. The van der Waals surface area contributed by atoms with E-state index < -0.39 is 17.6 Å². The third-order valence-electron chi connectivity index (χ3n) is 3.18. The van der Waals surface area contributed by atoms with Crippen molar-refractivity contribution in [2.75, 3.05) is 0 Å². The second-order valence-corrected chi connectivity index (χ2v) is 4.68. The van der Waals surface area contributed by atoms with E-state index in [0.717, 1.165) is 17.7 Å². The summed E-state index contributed by atoms with van der Waals surface area (Å²) in [6, 6.07) is 6.14. The van der Waals surface area contributed by atoms with Crippen LogP contribution in [0.15, 0.2) is 42.7 Å². The molecular formula is C15H14F4N2. The van der Waals surface area contributed by atoms with Crippen LogP contribution >= 0.6 is 0 Å². The second kappa shape index (κ2) is 6.22. The standard InChI is InChI=1S/C15H14F4N2/c1-10(11-4-6-20-7-5-11)21-9-12-2-3-13(16)8-14(12)15(17,18)19/h2-8,10,21H,9H2,1H3. The molecule has 1 heterocycles. The van der Waals surface area contributed by atoms with Gasteiger partial charge in [0.2, 0.25) is 0 Å². The molecule has 0 radical (unpaired) electrons. The fourth-order valence-electron chi connectivity index (χ4n) is 2.00. The summed E-state index contributed by atoms with van der Waals surface area (Å²) in [6.45, 7) is 1.84. The van der Waals surface area contributed by atoms with Gasteiger partial charge in [-0.1, -0.05) is 6.07 Å². The van der Waals surface area contributed by atoms with Crippen molar-refractivity contribution in [2.24, 2.45) is 0 Å². The topological polar surface area (TPSA) is 24.9 Å². The monoisotopic (exact) mass is 298 g/mol. The Kier molecular flexibility index (Phi) is 4.57. The number of halogens is 4. The van der Waals surface area contributed by atoms with Crippen molar-refractivity contribution in [3.05, 3.63) is 65.2 Å². The molecule has 0 spiro atoms. The molecule has 112 valence electrons. The predicted molar refractivity (Wildman–Crippen MR) is 70.9 cm³/mol. The minimum Gasteiger partial charge on any atom is -0.306 e. The lowest BCUT2D eigenvalue weighted by molar-refractivity contribution is -0.138. The van der Waals surface area contributed by atoms with E-state index in [9.17, 15) is 17.6 Å². The van der Waals surface area contributed by atoms with Gasteiger partial charge in [-0.2, -0.15) is 13.2 Å². The summed E-state index contributed by atoms with van der Waals surface area (Å²) in [5.74, 6) is -0.895. The summed E-state index contributed by atoms with van der Waals surface area (Å²) in [6.07, 6.45) is -1.34. The van der Waals surface area contributed by atoms with Gasteiger partial charge in [-0.05, 0) is 42.3 Å². The van der Waals surface area contributed by atoms with Crippen LogP contribution in [0.4, 0.5) is 17.6 Å². The van der Waals surface area contributed by atoms with Crippen LogP contribution in [0.1, 0.15) is 29.7 Å². The maximum absolute atomic E-state index is 13.0. The minimum atomic E-state index is -4.57. The van der Waals surface area contributed by atoms with E-state index >= 15 is 0 Å². The highest BCUT2D eigenvalue weighted by Gasteiger charge is 2.33. The van der Waals surface area contributed by atoms with E-state index in [-0.39, 0.29) is 18.2 Å². The van der Waals surface area contributed by atoms with Gasteiger partial charge in [-0.25, -0.2) is 4.39 Å². The van der Waals surface area contributed by atoms with Gasteiger partial charge in [0.25, 0.3) is 0 Å². The predicted octanol–water partition coefficient (Wildman–Crippen LogP) is 4.09. The van der Waals surface area contributed by atoms with Crippen molar-refractivity contribution in [2.45, 2.75) is 25.7 Å². The van der Waals surface area contributed by atoms with E-state index in [2.05, 4.69) is 10.3 Å². The largest absolute Gasteiger partial charge is 0.416 e. The van der Waals surface area contributed by atoms with Gasteiger partial charge in [0, 0.05) is 25.0 Å². The first-order chi connectivity index (χ1) is 9.88. The fraction of sp³-hybridized carbons (Fsp3) is 0.267. The molecule has 6 heteroatoms. The van der Waals surface area contributed by atoms with Crippen molar-refractivity contribution < 1.29 is 17.6 Å². The zero-order valence-electron chi connectivity index (χ0n) is 11.3. The Bertz CT molecular complexity index is 596. The lowest BCUT2D eigenvalue weighted by Crippen LogP contribution is -2.21. The van der Waals surface area contributed by atoms with Gasteiger partial charge < -0.3 is 5.32 Å². The van der Waals surface area contributed by atoms with Crippen LogP contribution in [0.2, 0.25) is 0 Å². The van der Waals surface area contributed by atoms with Crippen LogP contribution in [0.5, 0.6) is 0 Å². The molecule has 0 saturated heterocycles. The van der Waals surface area contributed by atoms with Gasteiger partial charge in [-0.15, -0.1) is 0 Å². The van der Waals surface area contributed by atoms with Crippen molar-refractivity contribution in [1.29, 1.82) is 0 Å². The number of nitrogens with zero attached hydrogens (tertiary/aromatic N) is 1. The Balaban J connectivity index is 2.14. The summed E-state index contributed by atoms with van der Waals surface area (Å²) in [7, 11) is 0. The van der Waals surface area contributed by atoms with Crippen LogP contribution < -0.4 is 5.32 Å². The molecule has 0 amide bonds. The Labute approximate surface area is 119 Å². The van der Waals surface area contributed by atoms with Crippen LogP contribution in [0.3, 0.4) is 0 Å². The van der Waals surface area contributed by atoms with Gasteiger partial charge in [0.1, 0.15) is 5.82 Å². The molecule has 0 aliphatic carbocycles. The molecule has 0 aliphatic rings. The first kappa shape index (κ1) is 15.4. The summed E-state index contributed by atoms with van der Waals surface area (Å²) in [5, 5.41) is 3.00.